The van der Waals surface area contributed by atoms with Crippen molar-refractivity contribution in [2.45, 2.75) is 19.8 Å². The predicted molar refractivity (Wildman–Crippen MR) is 82.0 cm³/mol. The molecule has 0 aliphatic rings. The Kier molecular flexibility index (Phi) is 5.63. The molecule has 1 aromatic heterocycles. The number of nitrogens with one attached hydrogen (secondary N) is 1. The van der Waals surface area contributed by atoms with Crippen LogP contribution in [0.1, 0.15) is 19.8 Å². The first kappa shape index (κ1) is 15.4. The molecule has 0 fully saturated rings. The van der Waals surface area contributed by atoms with Crippen molar-refractivity contribution >= 4 is 17.5 Å². The molecular formula is C15H18ClN3O2. The number of carbonyl (C=O) groups excluding carboxylic acids is 1. The molecule has 0 radical (unpaired) electrons. The summed E-state index contributed by atoms with van der Waals surface area (Å²) in [6.07, 6.45) is 3.64. The van der Waals surface area contributed by atoms with Gasteiger partial charge in [-0.3, -0.25) is 4.79 Å². The SMILES string of the molecule is CCCCNC(=O)COc1nn(-c2ccccc2)cc1Cl. The minimum Gasteiger partial charge on any atom is -0.465 e. The Morgan fingerprint density at radius 2 is 2.14 bits per heavy atom. The second-order valence-corrected chi connectivity index (χ2v) is 4.96. The number of benzene rings is 1. The molecule has 0 saturated heterocycles. The molecule has 112 valence electrons. The molecule has 1 heterocycles. The van der Waals surface area contributed by atoms with Crippen molar-refractivity contribution in [2.24, 2.45) is 0 Å². The first-order valence-electron chi connectivity index (χ1n) is 6.90. The van der Waals surface area contributed by atoms with E-state index in [1.807, 2.05) is 30.3 Å². The number of rotatable bonds is 7. The highest BCUT2D eigenvalue weighted by atomic mass is 35.5. The number of carbonyl (C=O) groups is 1. The van der Waals surface area contributed by atoms with Gasteiger partial charge in [0, 0.05) is 6.54 Å². The van der Waals surface area contributed by atoms with Crippen LogP contribution in [0.3, 0.4) is 0 Å². The number of hydrogen-bond donors (Lipinski definition) is 1. The Labute approximate surface area is 128 Å². The highest BCUT2D eigenvalue weighted by Gasteiger charge is 2.11. The molecule has 0 spiro atoms. The van der Waals surface area contributed by atoms with Crippen molar-refractivity contribution in [3.8, 4) is 11.6 Å². The summed E-state index contributed by atoms with van der Waals surface area (Å²) in [6.45, 7) is 2.64. The molecule has 21 heavy (non-hydrogen) atoms. The van der Waals surface area contributed by atoms with Gasteiger partial charge in [0.15, 0.2) is 6.61 Å². The summed E-state index contributed by atoms with van der Waals surface area (Å²) in [5.74, 6) is 0.0833. The number of aromatic nitrogens is 2. The maximum Gasteiger partial charge on any atom is 0.258 e. The van der Waals surface area contributed by atoms with E-state index >= 15 is 0 Å². The minimum absolute atomic E-state index is 0.0881. The van der Waals surface area contributed by atoms with Crippen molar-refractivity contribution in [1.82, 2.24) is 15.1 Å². The molecule has 0 aliphatic carbocycles. The normalized spacial score (nSPS) is 10.4. The van der Waals surface area contributed by atoms with Crippen molar-refractivity contribution < 1.29 is 9.53 Å². The Bertz CT molecular complexity index is 584. The summed E-state index contributed by atoms with van der Waals surface area (Å²) >= 11 is 6.07. The lowest BCUT2D eigenvalue weighted by atomic mass is 10.3. The first-order valence-corrected chi connectivity index (χ1v) is 7.28. The van der Waals surface area contributed by atoms with Crippen LogP contribution in [-0.4, -0.2) is 28.8 Å². The molecule has 1 aromatic carbocycles. The Balaban J connectivity index is 1.93. The molecule has 0 aliphatic heterocycles. The van der Waals surface area contributed by atoms with Gasteiger partial charge in [-0.05, 0) is 18.6 Å². The van der Waals surface area contributed by atoms with Crippen molar-refractivity contribution in [3.63, 3.8) is 0 Å². The van der Waals surface area contributed by atoms with Gasteiger partial charge in [-0.2, -0.15) is 0 Å². The smallest absolute Gasteiger partial charge is 0.258 e. The molecular weight excluding hydrogens is 290 g/mol. The van der Waals surface area contributed by atoms with E-state index in [4.69, 9.17) is 16.3 Å². The maximum absolute atomic E-state index is 11.6. The Morgan fingerprint density at radius 3 is 2.86 bits per heavy atom. The van der Waals surface area contributed by atoms with Crippen molar-refractivity contribution in [2.75, 3.05) is 13.2 Å². The number of hydrogen-bond acceptors (Lipinski definition) is 3. The molecule has 0 bridgehead atoms. The zero-order valence-corrected chi connectivity index (χ0v) is 12.6. The van der Waals surface area contributed by atoms with Gasteiger partial charge in [-0.25, -0.2) is 4.68 Å². The van der Waals surface area contributed by atoms with Crippen LogP contribution in [-0.2, 0) is 4.79 Å². The second kappa shape index (κ2) is 7.69. The van der Waals surface area contributed by atoms with Crippen LogP contribution in [0.2, 0.25) is 5.02 Å². The molecule has 2 aromatic rings. The quantitative estimate of drug-likeness (QED) is 0.800. The fraction of sp³-hybridized carbons (Fsp3) is 0.333. The Hall–Kier alpha value is -2.01. The van der Waals surface area contributed by atoms with Gasteiger partial charge in [0.2, 0.25) is 0 Å². The number of unbranched alkanes of at least 4 members (excludes halogenated alkanes) is 1. The van der Waals surface area contributed by atoms with Crippen molar-refractivity contribution in [1.29, 1.82) is 0 Å². The third-order valence-corrected chi connectivity index (χ3v) is 3.11. The minimum atomic E-state index is -0.172. The third-order valence-electron chi connectivity index (χ3n) is 2.85. The average molecular weight is 308 g/mol. The summed E-state index contributed by atoms with van der Waals surface area (Å²) in [5, 5.41) is 7.38. The molecule has 6 heteroatoms. The molecule has 0 atom stereocenters. The molecule has 0 saturated carbocycles. The van der Waals surface area contributed by atoms with Crippen molar-refractivity contribution in [3.05, 3.63) is 41.6 Å². The molecule has 1 N–H and O–H groups in total. The maximum atomic E-state index is 11.6. The van der Waals surface area contributed by atoms with Gasteiger partial charge in [-0.1, -0.05) is 43.1 Å². The third kappa shape index (κ3) is 4.49. The number of amides is 1. The van der Waals surface area contributed by atoms with E-state index in [0.29, 0.717) is 11.6 Å². The van der Waals surface area contributed by atoms with Gasteiger partial charge < -0.3 is 10.1 Å². The predicted octanol–water partition coefficient (Wildman–Crippen LogP) is 2.82. The van der Waals surface area contributed by atoms with Gasteiger partial charge in [-0.15, -0.1) is 5.10 Å². The van der Waals surface area contributed by atoms with E-state index in [1.165, 1.54) is 0 Å². The summed E-state index contributed by atoms with van der Waals surface area (Å²) < 4.78 is 6.97. The van der Waals surface area contributed by atoms with Crippen LogP contribution in [0.5, 0.6) is 5.88 Å². The number of nitrogens with zero attached hydrogens (tertiary/aromatic N) is 2. The molecule has 2 rings (SSSR count). The first-order chi connectivity index (χ1) is 10.2. The standard InChI is InChI=1S/C15H18ClN3O2/c1-2-3-9-17-14(20)11-21-15-13(16)10-19(18-15)12-7-5-4-6-8-12/h4-8,10H,2-3,9,11H2,1H3,(H,17,20). The topological polar surface area (TPSA) is 56.1 Å². The zero-order valence-electron chi connectivity index (χ0n) is 11.9. The van der Waals surface area contributed by atoms with Crippen LogP contribution >= 0.6 is 11.6 Å². The van der Waals surface area contributed by atoms with E-state index in [1.54, 1.807) is 10.9 Å². The second-order valence-electron chi connectivity index (χ2n) is 4.55. The number of ether oxygens (including phenoxy) is 1. The van der Waals surface area contributed by atoms with Crippen LogP contribution in [0, 0.1) is 0 Å². The highest BCUT2D eigenvalue weighted by molar-refractivity contribution is 6.31. The lowest BCUT2D eigenvalue weighted by Gasteiger charge is -2.05. The molecule has 1 amide bonds. The van der Waals surface area contributed by atoms with Gasteiger partial charge >= 0.3 is 0 Å². The summed E-state index contributed by atoms with van der Waals surface area (Å²) in [6, 6.07) is 9.56. The monoisotopic (exact) mass is 307 g/mol. The molecule has 0 unspecified atom stereocenters. The highest BCUT2D eigenvalue weighted by Crippen LogP contribution is 2.23. The number of halogens is 1. The molecule has 5 nitrogen and oxygen atoms in total. The van der Waals surface area contributed by atoms with E-state index in [-0.39, 0.29) is 18.4 Å². The lowest BCUT2D eigenvalue weighted by molar-refractivity contribution is -0.123. The zero-order chi connectivity index (χ0) is 15.1. The fourth-order valence-electron chi connectivity index (χ4n) is 1.74. The number of para-hydroxylation sites is 1. The Morgan fingerprint density at radius 1 is 1.38 bits per heavy atom. The van der Waals surface area contributed by atoms with Gasteiger partial charge in [0.1, 0.15) is 5.02 Å². The van der Waals surface area contributed by atoms with E-state index in [2.05, 4.69) is 17.3 Å². The largest absolute Gasteiger partial charge is 0.465 e. The van der Waals surface area contributed by atoms with Crippen LogP contribution in [0.25, 0.3) is 5.69 Å². The summed E-state index contributed by atoms with van der Waals surface area (Å²) in [4.78, 5) is 11.6. The van der Waals surface area contributed by atoms with Crippen LogP contribution in [0.4, 0.5) is 0 Å². The lowest BCUT2D eigenvalue weighted by Crippen LogP contribution is -2.29. The summed E-state index contributed by atoms with van der Waals surface area (Å²) in [7, 11) is 0. The average Bonchev–Trinajstić information content (AvgIpc) is 2.87. The van der Waals surface area contributed by atoms with Crippen LogP contribution in [0.15, 0.2) is 36.5 Å². The van der Waals surface area contributed by atoms with Gasteiger partial charge in [0.05, 0.1) is 11.9 Å². The van der Waals surface area contributed by atoms with E-state index in [9.17, 15) is 4.79 Å². The van der Waals surface area contributed by atoms with Crippen LogP contribution < -0.4 is 10.1 Å². The fourth-order valence-corrected chi connectivity index (χ4v) is 1.92. The summed E-state index contributed by atoms with van der Waals surface area (Å²) in [5.41, 5.74) is 0.877. The van der Waals surface area contributed by atoms with E-state index < -0.39 is 0 Å². The van der Waals surface area contributed by atoms with Gasteiger partial charge in [0.25, 0.3) is 11.8 Å². The van der Waals surface area contributed by atoms with E-state index in [0.717, 1.165) is 18.5 Å².